The van der Waals surface area contributed by atoms with Crippen molar-refractivity contribution in [1.82, 2.24) is 5.32 Å². The summed E-state index contributed by atoms with van der Waals surface area (Å²) < 4.78 is 16.8. The van der Waals surface area contributed by atoms with E-state index in [9.17, 15) is 4.79 Å². The van der Waals surface area contributed by atoms with Gasteiger partial charge in [-0.2, -0.15) is 0 Å². The molecule has 2 atom stereocenters. The fourth-order valence-electron chi connectivity index (χ4n) is 4.07. The van der Waals surface area contributed by atoms with Gasteiger partial charge in [-0.3, -0.25) is 0 Å². The molecular weight excluding hydrogens is 450 g/mol. The van der Waals surface area contributed by atoms with Gasteiger partial charge in [0.1, 0.15) is 5.75 Å². The van der Waals surface area contributed by atoms with Gasteiger partial charge in [-0.25, -0.2) is 9.59 Å². The first-order valence-corrected chi connectivity index (χ1v) is 11.6. The van der Waals surface area contributed by atoms with Crippen molar-refractivity contribution in [3.05, 3.63) is 77.9 Å². The van der Waals surface area contributed by atoms with Crippen molar-refractivity contribution in [2.75, 3.05) is 26.3 Å². The van der Waals surface area contributed by atoms with Crippen LogP contribution in [0.3, 0.4) is 0 Å². The Hall–Kier alpha value is -3.62. The zero-order valence-electron chi connectivity index (χ0n) is 19.7. The molecule has 3 aromatic rings. The van der Waals surface area contributed by atoms with Crippen LogP contribution in [0.5, 0.6) is 5.75 Å². The smallest absolute Gasteiger partial charge is 0.482 e. The Morgan fingerprint density at radius 2 is 1.71 bits per heavy atom. The Bertz CT molecular complexity index is 1100. The van der Waals surface area contributed by atoms with Crippen molar-refractivity contribution >= 4 is 22.9 Å². The largest absolute Gasteiger partial charge is 0.503 e. The highest BCUT2D eigenvalue weighted by Crippen LogP contribution is 2.30. The molecule has 0 spiro atoms. The third kappa shape index (κ3) is 8.27. The number of carbonyl (C=O) groups excluding carboxylic acids is 1. The summed E-state index contributed by atoms with van der Waals surface area (Å²) in [4.78, 5) is 20.0. The Balaban J connectivity index is 0.000000795. The minimum atomic E-state index is -1.83. The molecule has 0 amide bonds. The maximum atomic E-state index is 11.5. The molecule has 2 unspecified atom stereocenters. The molecular formula is C27H31NO7. The van der Waals surface area contributed by atoms with E-state index in [1.54, 1.807) is 6.92 Å². The summed E-state index contributed by atoms with van der Waals surface area (Å²) in [7, 11) is 0. The molecule has 3 N–H and O–H groups in total. The van der Waals surface area contributed by atoms with Crippen molar-refractivity contribution < 1.29 is 34.0 Å². The maximum Gasteiger partial charge on any atom is 0.503 e. The Kier molecular flexibility index (Phi) is 9.89. The number of esters is 1. The Morgan fingerprint density at radius 1 is 1.00 bits per heavy atom. The SMILES string of the molecule is CCOC(=O)COc1ccc(C2CCNCC2OCc2ccc3ccccc3c2)cc1.O=C(O)O. The minimum Gasteiger partial charge on any atom is -0.482 e. The van der Waals surface area contributed by atoms with Crippen LogP contribution in [0.1, 0.15) is 30.4 Å². The molecule has 1 aliphatic heterocycles. The van der Waals surface area contributed by atoms with E-state index in [1.807, 2.05) is 12.1 Å². The number of ether oxygens (including phenoxy) is 3. The highest BCUT2D eigenvalue weighted by molar-refractivity contribution is 5.82. The van der Waals surface area contributed by atoms with E-state index in [0.717, 1.165) is 19.5 Å². The third-order valence-electron chi connectivity index (χ3n) is 5.67. The number of nitrogens with one attached hydrogen (secondary N) is 1. The lowest BCUT2D eigenvalue weighted by atomic mass is 9.87. The second-order valence-electron chi connectivity index (χ2n) is 8.08. The minimum absolute atomic E-state index is 0.0714. The lowest BCUT2D eigenvalue weighted by Crippen LogP contribution is -2.40. The Morgan fingerprint density at radius 3 is 2.43 bits per heavy atom. The summed E-state index contributed by atoms with van der Waals surface area (Å²) in [6.07, 6.45) is -0.711. The summed E-state index contributed by atoms with van der Waals surface area (Å²) in [5.41, 5.74) is 2.42. The topological polar surface area (TPSA) is 114 Å². The molecule has 186 valence electrons. The lowest BCUT2D eigenvalue weighted by Gasteiger charge is -2.32. The summed E-state index contributed by atoms with van der Waals surface area (Å²) >= 11 is 0. The van der Waals surface area contributed by atoms with Crippen LogP contribution in [0.4, 0.5) is 4.79 Å². The number of hydrogen-bond donors (Lipinski definition) is 3. The predicted molar refractivity (Wildman–Crippen MR) is 132 cm³/mol. The highest BCUT2D eigenvalue weighted by atomic mass is 16.6. The second kappa shape index (κ2) is 13.3. The van der Waals surface area contributed by atoms with Crippen molar-refractivity contribution in [1.29, 1.82) is 0 Å². The molecule has 4 rings (SSSR count). The average molecular weight is 482 g/mol. The monoisotopic (exact) mass is 481 g/mol. The van der Waals surface area contributed by atoms with Crippen molar-refractivity contribution in [3.63, 3.8) is 0 Å². The third-order valence-corrected chi connectivity index (χ3v) is 5.67. The van der Waals surface area contributed by atoms with Gasteiger partial charge < -0.3 is 29.7 Å². The molecule has 8 nitrogen and oxygen atoms in total. The first kappa shape index (κ1) is 26.0. The molecule has 1 fully saturated rings. The van der Waals surface area contributed by atoms with E-state index in [0.29, 0.717) is 24.9 Å². The molecule has 35 heavy (non-hydrogen) atoms. The number of hydrogen-bond acceptors (Lipinski definition) is 6. The quantitative estimate of drug-likeness (QED) is 0.398. The van der Waals surface area contributed by atoms with E-state index in [4.69, 9.17) is 29.2 Å². The number of piperidine rings is 1. The molecule has 1 aliphatic rings. The van der Waals surface area contributed by atoms with E-state index in [1.165, 1.54) is 21.9 Å². The van der Waals surface area contributed by atoms with Gasteiger partial charge in [0.05, 0.1) is 19.3 Å². The van der Waals surface area contributed by atoms with Crippen molar-refractivity contribution in [2.45, 2.75) is 32.0 Å². The van der Waals surface area contributed by atoms with Gasteiger partial charge in [0.2, 0.25) is 0 Å². The summed E-state index contributed by atoms with van der Waals surface area (Å²) in [5, 5.41) is 19.9. The van der Waals surface area contributed by atoms with Gasteiger partial charge in [-0.1, -0.05) is 48.5 Å². The molecule has 0 bridgehead atoms. The van der Waals surface area contributed by atoms with E-state index >= 15 is 0 Å². The van der Waals surface area contributed by atoms with E-state index in [2.05, 4.69) is 59.9 Å². The number of carbonyl (C=O) groups is 2. The molecule has 8 heteroatoms. The molecule has 1 saturated heterocycles. The van der Waals surface area contributed by atoms with Gasteiger partial charge in [0.25, 0.3) is 0 Å². The molecule has 0 aliphatic carbocycles. The molecule has 1 heterocycles. The van der Waals surface area contributed by atoms with Crippen LogP contribution in [0.15, 0.2) is 66.7 Å². The maximum absolute atomic E-state index is 11.5. The van der Waals surface area contributed by atoms with Crippen LogP contribution < -0.4 is 10.1 Å². The zero-order valence-corrected chi connectivity index (χ0v) is 19.7. The van der Waals surface area contributed by atoms with Crippen molar-refractivity contribution in [2.24, 2.45) is 0 Å². The number of rotatable bonds is 8. The van der Waals surface area contributed by atoms with Crippen LogP contribution in [0.25, 0.3) is 10.8 Å². The van der Waals surface area contributed by atoms with Crippen LogP contribution in [-0.2, 0) is 20.9 Å². The van der Waals surface area contributed by atoms with Gasteiger partial charge in [0.15, 0.2) is 6.61 Å². The molecule has 0 saturated carbocycles. The van der Waals surface area contributed by atoms with Gasteiger partial charge in [-0.05, 0) is 60.0 Å². The van der Waals surface area contributed by atoms with E-state index in [-0.39, 0.29) is 18.7 Å². The highest BCUT2D eigenvalue weighted by Gasteiger charge is 2.27. The van der Waals surface area contributed by atoms with Crippen molar-refractivity contribution in [3.8, 4) is 5.75 Å². The first-order valence-electron chi connectivity index (χ1n) is 11.6. The van der Waals surface area contributed by atoms with Crippen LogP contribution >= 0.6 is 0 Å². The summed E-state index contributed by atoms with van der Waals surface area (Å²) in [6.45, 7) is 4.47. The molecule has 3 aromatic carbocycles. The van der Waals surface area contributed by atoms with Gasteiger partial charge in [0, 0.05) is 12.5 Å². The standard InChI is InChI=1S/C26H29NO4.CH2O3/c1-2-29-26(28)18-30-23-11-9-21(10-12-23)24-13-14-27-16-25(24)31-17-19-7-8-20-5-3-4-6-22(20)15-19;2-1(3)4/h3-12,15,24-25,27H,2,13-14,16-18H2,1H3;(H2,2,3,4). The number of fused-ring (bicyclic) bond motifs is 1. The average Bonchev–Trinajstić information content (AvgIpc) is 2.86. The summed E-state index contributed by atoms with van der Waals surface area (Å²) in [6, 6.07) is 22.9. The Labute approximate surface area is 204 Å². The fourth-order valence-corrected chi connectivity index (χ4v) is 4.07. The second-order valence-corrected chi connectivity index (χ2v) is 8.08. The first-order chi connectivity index (χ1) is 17.0. The number of carboxylic acid groups (broad SMARTS) is 2. The van der Waals surface area contributed by atoms with E-state index < -0.39 is 6.16 Å². The van der Waals surface area contributed by atoms with Crippen LogP contribution in [-0.4, -0.2) is 54.7 Å². The molecule has 0 radical (unpaired) electrons. The normalized spacial score (nSPS) is 17.2. The van der Waals surface area contributed by atoms with Crippen LogP contribution in [0, 0.1) is 0 Å². The van der Waals surface area contributed by atoms with Gasteiger partial charge >= 0.3 is 12.1 Å². The van der Waals surface area contributed by atoms with Gasteiger partial charge in [-0.15, -0.1) is 0 Å². The summed E-state index contributed by atoms with van der Waals surface area (Å²) in [5.74, 6) is 0.632. The van der Waals surface area contributed by atoms with Crippen LogP contribution in [0.2, 0.25) is 0 Å². The fraction of sp³-hybridized carbons (Fsp3) is 0.333. The number of benzene rings is 3. The lowest BCUT2D eigenvalue weighted by molar-refractivity contribution is -0.145. The molecule has 0 aromatic heterocycles. The zero-order chi connectivity index (χ0) is 25.0. The predicted octanol–water partition coefficient (Wildman–Crippen LogP) is 4.67.